The zero-order valence-corrected chi connectivity index (χ0v) is 9.11. The molecule has 15 heavy (non-hydrogen) atoms. The maximum Gasteiger partial charge on any atom is 0.122 e. The fourth-order valence-electron chi connectivity index (χ4n) is 1.43. The van der Waals surface area contributed by atoms with E-state index in [-0.39, 0.29) is 0 Å². The van der Waals surface area contributed by atoms with Crippen molar-refractivity contribution >= 4 is 0 Å². The molecule has 81 valence electrons. The molecule has 1 aromatic carbocycles. The zero-order valence-electron chi connectivity index (χ0n) is 9.11. The molecule has 0 spiro atoms. The Morgan fingerprint density at radius 2 is 2.27 bits per heavy atom. The number of epoxide rings is 1. The topological polar surface area (TPSA) is 21.8 Å². The highest BCUT2D eigenvalue weighted by Gasteiger charge is 2.23. The second-order valence-corrected chi connectivity index (χ2v) is 3.80. The first-order chi connectivity index (χ1) is 7.40. The fraction of sp³-hybridized carbons (Fsp3) is 0.462. The molecular weight excluding hydrogens is 188 g/mol. The van der Waals surface area contributed by atoms with E-state index in [1.165, 1.54) is 12.0 Å². The molecule has 1 fully saturated rings. The van der Waals surface area contributed by atoms with Gasteiger partial charge in [-0.2, -0.15) is 0 Å². The van der Waals surface area contributed by atoms with Gasteiger partial charge >= 0.3 is 0 Å². The Bertz CT molecular complexity index is 305. The molecule has 1 aliphatic heterocycles. The van der Waals surface area contributed by atoms with Gasteiger partial charge in [0.25, 0.3) is 0 Å². The van der Waals surface area contributed by atoms with Gasteiger partial charge in [0.1, 0.15) is 18.5 Å². The van der Waals surface area contributed by atoms with E-state index in [2.05, 4.69) is 19.4 Å². The molecule has 0 bridgehead atoms. The molecule has 1 aromatic rings. The number of hydrogen-bond acceptors (Lipinski definition) is 2. The Balaban J connectivity index is 1.93. The third-order valence-corrected chi connectivity index (χ3v) is 2.40. The van der Waals surface area contributed by atoms with Crippen molar-refractivity contribution < 1.29 is 9.47 Å². The molecular formula is C13H17O2. The lowest BCUT2D eigenvalue weighted by Gasteiger charge is -2.09. The molecule has 1 heterocycles. The van der Waals surface area contributed by atoms with Gasteiger partial charge in [0.2, 0.25) is 0 Å². The highest BCUT2D eigenvalue weighted by molar-refractivity contribution is 5.38. The van der Waals surface area contributed by atoms with Crippen LogP contribution in [0.3, 0.4) is 0 Å². The van der Waals surface area contributed by atoms with Crippen LogP contribution in [0.4, 0.5) is 0 Å². The van der Waals surface area contributed by atoms with Gasteiger partial charge in [-0.25, -0.2) is 0 Å². The van der Waals surface area contributed by atoms with Crippen LogP contribution in [0.25, 0.3) is 0 Å². The number of benzene rings is 1. The minimum atomic E-state index is 0.323. The molecule has 0 aliphatic carbocycles. The van der Waals surface area contributed by atoms with Crippen molar-refractivity contribution in [2.24, 2.45) is 0 Å². The second kappa shape index (κ2) is 5.17. The number of hydrogen-bond donors (Lipinski definition) is 0. The summed E-state index contributed by atoms with van der Waals surface area (Å²) in [7, 11) is 0. The number of unbranched alkanes of at least 4 members (excludes halogenated alkanes) is 1. The molecule has 1 unspecified atom stereocenters. The van der Waals surface area contributed by atoms with E-state index in [0.717, 1.165) is 18.8 Å². The number of para-hydroxylation sites is 1. The molecule has 0 saturated carbocycles. The number of ether oxygens (including phenoxy) is 2. The van der Waals surface area contributed by atoms with E-state index in [4.69, 9.17) is 9.47 Å². The lowest BCUT2D eigenvalue weighted by molar-refractivity contribution is 0.262. The summed E-state index contributed by atoms with van der Waals surface area (Å²) >= 11 is 0. The summed E-state index contributed by atoms with van der Waals surface area (Å²) in [4.78, 5) is 0. The molecule has 1 saturated heterocycles. The van der Waals surface area contributed by atoms with Crippen LogP contribution >= 0.6 is 0 Å². The Hall–Kier alpha value is -1.02. The maximum atomic E-state index is 5.70. The molecule has 0 amide bonds. The van der Waals surface area contributed by atoms with E-state index >= 15 is 0 Å². The van der Waals surface area contributed by atoms with Gasteiger partial charge in [-0.15, -0.1) is 0 Å². The summed E-state index contributed by atoms with van der Waals surface area (Å²) in [6.07, 6.45) is 4.81. The van der Waals surface area contributed by atoms with Crippen LogP contribution in [0.5, 0.6) is 5.75 Å². The highest BCUT2D eigenvalue weighted by Crippen LogP contribution is 2.22. The van der Waals surface area contributed by atoms with Crippen molar-refractivity contribution in [2.45, 2.75) is 25.9 Å². The Labute approximate surface area is 91.2 Å². The first kappa shape index (κ1) is 10.5. The average Bonchev–Trinajstić information content (AvgIpc) is 3.08. The maximum absolute atomic E-state index is 5.70. The van der Waals surface area contributed by atoms with Crippen molar-refractivity contribution in [2.75, 3.05) is 13.2 Å². The van der Waals surface area contributed by atoms with Crippen LogP contribution in [-0.2, 0) is 4.74 Å². The molecule has 1 aliphatic rings. The molecule has 0 aromatic heterocycles. The highest BCUT2D eigenvalue weighted by atomic mass is 16.6. The fourth-order valence-corrected chi connectivity index (χ4v) is 1.43. The SMILES string of the molecule is CCC[CH]c1ccccc1OCC1CO1. The normalized spacial score (nSPS) is 18.9. The van der Waals surface area contributed by atoms with Gasteiger partial charge in [0, 0.05) is 0 Å². The summed E-state index contributed by atoms with van der Waals surface area (Å²) < 4.78 is 10.8. The third-order valence-electron chi connectivity index (χ3n) is 2.40. The van der Waals surface area contributed by atoms with Crippen molar-refractivity contribution in [1.29, 1.82) is 0 Å². The average molecular weight is 205 g/mol. The van der Waals surface area contributed by atoms with Gasteiger partial charge in [0.15, 0.2) is 0 Å². The summed E-state index contributed by atoms with van der Waals surface area (Å²) in [6, 6.07) is 8.16. The summed E-state index contributed by atoms with van der Waals surface area (Å²) in [5.74, 6) is 0.974. The van der Waals surface area contributed by atoms with E-state index in [9.17, 15) is 0 Å². The first-order valence-corrected chi connectivity index (χ1v) is 5.57. The second-order valence-electron chi connectivity index (χ2n) is 3.80. The predicted octanol–water partition coefficient (Wildman–Crippen LogP) is 2.82. The summed E-state index contributed by atoms with van der Waals surface area (Å²) in [6.45, 7) is 3.70. The molecule has 1 radical (unpaired) electrons. The monoisotopic (exact) mass is 205 g/mol. The van der Waals surface area contributed by atoms with Crippen LogP contribution in [0.1, 0.15) is 25.3 Å². The lowest BCUT2D eigenvalue weighted by atomic mass is 10.1. The van der Waals surface area contributed by atoms with Crippen LogP contribution in [-0.4, -0.2) is 19.3 Å². The van der Waals surface area contributed by atoms with Crippen molar-refractivity contribution in [3.05, 3.63) is 36.2 Å². The molecule has 2 heteroatoms. The minimum Gasteiger partial charge on any atom is -0.490 e. The van der Waals surface area contributed by atoms with Crippen molar-refractivity contribution in [1.82, 2.24) is 0 Å². The van der Waals surface area contributed by atoms with Gasteiger partial charge in [0.05, 0.1) is 6.61 Å². The van der Waals surface area contributed by atoms with Gasteiger partial charge in [-0.05, 0) is 24.5 Å². The molecule has 0 N–H and O–H groups in total. The third kappa shape index (κ3) is 3.24. The van der Waals surface area contributed by atoms with Gasteiger partial charge in [-0.3, -0.25) is 0 Å². The Morgan fingerprint density at radius 1 is 1.47 bits per heavy atom. The Morgan fingerprint density at radius 3 is 3.00 bits per heavy atom. The van der Waals surface area contributed by atoms with Crippen molar-refractivity contribution in [3.63, 3.8) is 0 Å². The molecule has 2 rings (SSSR count). The number of rotatable bonds is 6. The largest absolute Gasteiger partial charge is 0.490 e. The van der Waals surface area contributed by atoms with E-state index in [0.29, 0.717) is 12.7 Å². The van der Waals surface area contributed by atoms with Crippen LogP contribution in [0.2, 0.25) is 0 Å². The van der Waals surface area contributed by atoms with E-state index in [1.807, 2.05) is 18.2 Å². The van der Waals surface area contributed by atoms with Gasteiger partial charge in [-0.1, -0.05) is 31.5 Å². The first-order valence-electron chi connectivity index (χ1n) is 5.57. The lowest BCUT2D eigenvalue weighted by Crippen LogP contribution is -2.05. The predicted molar refractivity (Wildman–Crippen MR) is 60.0 cm³/mol. The standard InChI is InChI=1S/C13H17O2/c1-2-3-6-11-7-4-5-8-13(11)15-10-12-9-14-12/h4-8,12H,2-3,9-10H2,1H3. The quantitative estimate of drug-likeness (QED) is 0.666. The summed E-state index contributed by atoms with van der Waals surface area (Å²) in [5.41, 5.74) is 1.19. The Kier molecular flexibility index (Phi) is 3.62. The summed E-state index contributed by atoms with van der Waals surface area (Å²) in [5, 5.41) is 0. The van der Waals surface area contributed by atoms with Crippen LogP contribution < -0.4 is 4.74 Å². The van der Waals surface area contributed by atoms with Crippen molar-refractivity contribution in [3.8, 4) is 5.75 Å². The van der Waals surface area contributed by atoms with E-state index < -0.39 is 0 Å². The van der Waals surface area contributed by atoms with Gasteiger partial charge < -0.3 is 9.47 Å². The smallest absolute Gasteiger partial charge is 0.122 e. The van der Waals surface area contributed by atoms with Crippen LogP contribution in [0.15, 0.2) is 24.3 Å². The zero-order chi connectivity index (χ0) is 10.5. The molecule has 2 nitrogen and oxygen atoms in total. The van der Waals surface area contributed by atoms with Crippen LogP contribution in [0, 0.1) is 6.42 Å². The van der Waals surface area contributed by atoms with E-state index in [1.54, 1.807) is 0 Å². The molecule has 1 atom stereocenters. The minimum absolute atomic E-state index is 0.323.